The highest BCUT2D eigenvalue weighted by molar-refractivity contribution is 5.83. The fraction of sp³-hybridized carbons (Fsp3) is 0.500. The molecule has 1 aromatic rings. The maximum absolute atomic E-state index is 12.1. The topological polar surface area (TPSA) is 55.4 Å². The Labute approximate surface area is 119 Å². The third kappa shape index (κ3) is 3.59. The van der Waals surface area contributed by atoms with Gasteiger partial charge in [0.05, 0.1) is 13.5 Å². The number of nitrogens with one attached hydrogen (secondary N) is 1. The first kappa shape index (κ1) is 14.6. The van der Waals surface area contributed by atoms with Crippen LogP contribution in [-0.2, 0) is 14.3 Å². The maximum Gasteiger partial charge on any atom is 0.307 e. The molecule has 0 aromatic heterocycles. The van der Waals surface area contributed by atoms with Crippen LogP contribution in [0.2, 0.25) is 0 Å². The molecule has 1 saturated carbocycles. The predicted molar refractivity (Wildman–Crippen MR) is 76.3 cm³/mol. The second-order valence-electron chi connectivity index (χ2n) is 5.55. The van der Waals surface area contributed by atoms with Crippen LogP contribution >= 0.6 is 0 Å². The Morgan fingerprint density at radius 3 is 2.85 bits per heavy atom. The molecule has 0 aliphatic heterocycles. The summed E-state index contributed by atoms with van der Waals surface area (Å²) in [4.78, 5) is 23.2. The summed E-state index contributed by atoms with van der Waals surface area (Å²) in [6.45, 7) is 3.87. The van der Waals surface area contributed by atoms with Gasteiger partial charge in [0.2, 0.25) is 5.91 Å². The van der Waals surface area contributed by atoms with Gasteiger partial charge in [-0.2, -0.15) is 0 Å². The summed E-state index contributed by atoms with van der Waals surface area (Å²) in [7, 11) is 1.35. The van der Waals surface area contributed by atoms with E-state index in [1.54, 1.807) is 0 Å². The SMILES string of the molecule is COC(=O)C[C@H](C)NC(=O)[C@H]1C[C@H]1c1cccc(C)c1. The van der Waals surface area contributed by atoms with E-state index in [1.165, 1.54) is 18.2 Å². The molecule has 2 rings (SSSR count). The first-order valence-corrected chi connectivity index (χ1v) is 6.95. The zero-order chi connectivity index (χ0) is 14.7. The molecule has 1 fully saturated rings. The molecule has 0 saturated heterocycles. The van der Waals surface area contributed by atoms with Crippen molar-refractivity contribution in [3.63, 3.8) is 0 Å². The number of methoxy groups -OCH3 is 1. The third-order valence-corrected chi connectivity index (χ3v) is 3.69. The van der Waals surface area contributed by atoms with Crippen LogP contribution < -0.4 is 5.32 Å². The van der Waals surface area contributed by atoms with Crippen LogP contribution in [0, 0.1) is 12.8 Å². The van der Waals surface area contributed by atoms with Gasteiger partial charge >= 0.3 is 5.97 Å². The average Bonchev–Trinajstić information content (AvgIpc) is 3.18. The minimum atomic E-state index is -0.302. The van der Waals surface area contributed by atoms with Gasteiger partial charge in [-0.05, 0) is 31.7 Å². The Bertz CT molecular complexity index is 512. The van der Waals surface area contributed by atoms with Crippen molar-refractivity contribution in [1.29, 1.82) is 0 Å². The predicted octanol–water partition coefficient (Wildman–Crippen LogP) is 2.17. The second kappa shape index (κ2) is 6.07. The van der Waals surface area contributed by atoms with Crippen molar-refractivity contribution in [3.05, 3.63) is 35.4 Å². The van der Waals surface area contributed by atoms with Crippen molar-refractivity contribution in [2.75, 3.05) is 7.11 Å². The summed E-state index contributed by atoms with van der Waals surface area (Å²) >= 11 is 0. The molecule has 3 atom stereocenters. The fourth-order valence-electron chi connectivity index (χ4n) is 2.49. The maximum atomic E-state index is 12.1. The van der Waals surface area contributed by atoms with E-state index < -0.39 is 0 Å². The molecule has 0 spiro atoms. The van der Waals surface area contributed by atoms with Gasteiger partial charge < -0.3 is 10.1 Å². The van der Waals surface area contributed by atoms with Crippen molar-refractivity contribution < 1.29 is 14.3 Å². The van der Waals surface area contributed by atoms with Crippen molar-refractivity contribution in [2.45, 2.75) is 38.6 Å². The lowest BCUT2D eigenvalue weighted by Crippen LogP contribution is -2.35. The molecule has 0 bridgehead atoms. The van der Waals surface area contributed by atoms with Gasteiger partial charge in [0.1, 0.15) is 0 Å². The first-order valence-electron chi connectivity index (χ1n) is 6.95. The lowest BCUT2D eigenvalue weighted by molar-refractivity contribution is -0.141. The van der Waals surface area contributed by atoms with Crippen LogP contribution in [0.3, 0.4) is 0 Å². The quantitative estimate of drug-likeness (QED) is 0.838. The molecule has 0 unspecified atom stereocenters. The van der Waals surface area contributed by atoms with Crippen LogP contribution in [0.25, 0.3) is 0 Å². The van der Waals surface area contributed by atoms with Crippen molar-refractivity contribution >= 4 is 11.9 Å². The van der Waals surface area contributed by atoms with E-state index in [1.807, 2.05) is 13.0 Å². The molecule has 20 heavy (non-hydrogen) atoms. The van der Waals surface area contributed by atoms with Gasteiger partial charge in [0, 0.05) is 12.0 Å². The minimum absolute atomic E-state index is 0.0351. The van der Waals surface area contributed by atoms with E-state index in [2.05, 4.69) is 35.2 Å². The summed E-state index contributed by atoms with van der Waals surface area (Å²) < 4.78 is 4.59. The second-order valence-corrected chi connectivity index (χ2v) is 5.55. The fourth-order valence-corrected chi connectivity index (χ4v) is 2.49. The summed E-state index contributed by atoms with van der Waals surface area (Å²) in [5, 5.41) is 2.88. The van der Waals surface area contributed by atoms with Gasteiger partial charge in [-0.25, -0.2) is 0 Å². The summed E-state index contributed by atoms with van der Waals surface area (Å²) in [5.74, 6) is 0.0915. The van der Waals surface area contributed by atoms with E-state index in [-0.39, 0.29) is 30.3 Å². The number of rotatable bonds is 5. The average molecular weight is 275 g/mol. The number of benzene rings is 1. The molecular weight excluding hydrogens is 254 g/mol. The number of hydrogen-bond acceptors (Lipinski definition) is 3. The minimum Gasteiger partial charge on any atom is -0.469 e. The van der Waals surface area contributed by atoms with Gasteiger partial charge in [0.25, 0.3) is 0 Å². The number of aryl methyl sites for hydroxylation is 1. The van der Waals surface area contributed by atoms with Gasteiger partial charge in [-0.1, -0.05) is 29.8 Å². The Morgan fingerprint density at radius 1 is 1.45 bits per heavy atom. The van der Waals surface area contributed by atoms with Crippen molar-refractivity contribution in [3.8, 4) is 0 Å². The van der Waals surface area contributed by atoms with E-state index in [9.17, 15) is 9.59 Å². The van der Waals surface area contributed by atoms with Crippen molar-refractivity contribution in [1.82, 2.24) is 5.32 Å². The lowest BCUT2D eigenvalue weighted by atomic mass is 10.1. The molecule has 1 aliphatic rings. The molecule has 108 valence electrons. The summed E-state index contributed by atoms with van der Waals surface area (Å²) in [5.41, 5.74) is 2.44. The van der Waals surface area contributed by atoms with Gasteiger partial charge in [-0.15, -0.1) is 0 Å². The zero-order valence-electron chi connectivity index (χ0n) is 12.2. The van der Waals surface area contributed by atoms with Crippen LogP contribution in [0.15, 0.2) is 24.3 Å². The molecule has 1 aromatic carbocycles. The largest absolute Gasteiger partial charge is 0.469 e. The summed E-state index contributed by atoms with van der Waals surface area (Å²) in [6.07, 6.45) is 1.10. The van der Waals surface area contributed by atoms with E-state index in [0.29, 0.717) is 5.92 Å². The number of ether oxygens (including phenoxy) is 1. The Kier molecular flexibility index (Phi) is 4.42. The highest BCUT2D eigenvalue weighted by Crippen LogP contribution is 2.47. The standard InChI is InChI=1S/C16H21NO3/c1-10-5-4-6-12(7-10)13-9-14(13)16(19)17-11(2)8-15(18)20-3/h4-7,11,13-14H,8-9H2,1-3H3,(H,17,19)/t11-,13-,14-/m0/s1. The van der Waals surface area contributed by atoms with Crippen molar-refractivity contribution in [2.24, 2.45) is 5.92 Å². The van der Waals surface area contributed by atoms with Crippen LogP contribution in [0.1, 0.15) is 36.8 Å². The zero-order valence-corrected chi connectivity index (χ0v) is 12.2. The third-order valence-electron chi connectivity index (χ3n) is 3.69. The highest BCUT2D eigenvalue weighted by atomic mass is 16.5. The number of amides is 1. The molecule has 1 N–H and O–H groups in total. The number of esters is 1. The molecule has 1 amide bonds. The Morgan fingerprint density at radius 2 is 2.20 bits per heavy atom. The van der Waals surface area contributed by atoms with E-state index >= 15 is 0 Å². The first-order chi connectivity index (χ1) is 9.51. The number of carbonyl (C=O) groups excluding carboxylic acids is 2. The lowest BCUT2D eigenvalue weighted by Gasteiger charge is -2.12. The van der Waals surface area contributed by atoms with Gasteiger partial charge in [-0.3, -0.25) is 9.59 Å². The molecule has 4 heteroatoms. The number of carbonyl (C=O) groups is 2. The Balaban J connectivity index is 1.85. The Hall–Kier alpha value is -1.84. The normalized spacial score (nSPS) is 21.9. The molecule has 4 nitrogen and oxygen atoms in total. The van der Waals surface area contributed by atoms with Crippen LogP contribution in [-0.4, -0.2) is 25.0 Å². The number of hydrogen-bond donors (Lipinski definition) is 1. The van der Waals surface area contributed by atoms with E-state index in [0.717, 1.165) is 6.42 Å². The molecular formula is C16H21NO3. The highest BCUT2D eigenvalue weighted by Gasteiger charge is 2.44. The summed E-state index contributed by atoms with van der Waals surface area (Å²) in [6, 6.07) is 8.10. The monoisotopic (exact) mass is 275 g/mol. The smallest absolute Gasteiger partial charge is 0.307 e. The molecule has 0 heterocycles. The molecule has 0 radical (unpaired) electrons. The van der Waals surface area contributed by atoms with Crippen LogP contribution in [0.4, 0.5) is 0 Å². The van der Waals surface area contributed by atoms with E-state index in [4.69, 9.17) is 0 Å². The van der Waals surface area contributed by atoms with Crippen LogP contribution in [0.5, 0.6) is 0 Å². The molecule has 1 aliphatic carbocycles. The van der Waals surface area contributed by atoms with Gasteiger partial charge in [0.15, 0.2) is 0 Å².